The van der Waals surface area contributed by atoms with E-state index in [-0.39, 0.29) is 76.0 Å². The SMILES string of the molecule is CC(C)(C)[O-].CC(C)n1cc(N2CCCC(C(F)(F)F)C2)c2nc(SCc3ccc(F)c(CC(=O)O)c3)ncc21.[K+]. The molecule has 1 aliphatic rings. The van der Waals surface area contributed by atoms with Crippen molar-refractivity contribution in [3.63, 3.8) is 0 Å². The number of thioether (sulfide) groups is 1. The summed E-state index contributed by atoms with van der Waals surface area (Å²) in [6.45, 7) is 9.30. The van der Waals surface area contributed by atoms with Gasteiger partial charge in [0.25, 0.3) is 0 Å². The first-order chi connectivity index (χ1) is 18.5. The van der Waals surface area contributed by atoms with Gasteiger partial charge < -0.3 is 19.7 Å². The van der Waals surface area contributed by atoms with Crippen LogP contribution in [0.1, 0.15) is 64.6 Å². The maximum atomic E-state index is 13.9. The standard InChI is InChI=1S/C24H26F4N4O2S.C4H9O.K/c1-14(2)32-12-20(31-7-3-4-17(11-31)24(26,27)28)22-19(32)10-29-23(30-22)35-13-15-5-6-18(25)16(8-15)9-21(33)34;1-4(2,3)5;/h5-6,8,10,12,14,17H,3-4,7,9,11,13H2,1-2H3,(H,33,34);1-3H3;/q;-1;+1. The summed E-state index contributed by atoms with van der Waals surface area (Å²) in [7, 11) is 0. The predicted molar refractivity (Wildman–Crippen MR) is 146 cm³/mol. The van der Waals surface area contributed by atoms with Gasteiger partial charge in [0.15, 0.2) is 5.16 Å². The van der Waals surface area contributed by atoms with Crippen molar-refractivity contribution in [2.75, 3.05) is 18.0 Å². The quantitative estimate of drug-likeness (QED) is 0.188. The van der Waals surface area contributed by atoms with E-state index in [1.54, 1.807) is 37.9 Å². The first-order valence-corrected chi connectivity index (χ1v) is 14.0. The van der Waals surface area contributed by atoms with Crippen molar-refractivity contribution in [1.29, 1.82) is 0 Å². The number of fused-ring (bicyclic) bond motifs is 1. The molecule has 3 aromatic rings. The van der Waals surface area contributed by atoms with E-state index >= 15 is 0 Å². The molecule has 1 saturated heterocycles. The van der Waals surface area contributed by atoms with Crippen LogP contribution in [0.4, 0.5) is 23.2 Å². The van der Waals surface area contributed by atoms with E-state index in [9.17, 15) is 27.5 Å². The van der Waals surface area contributed by atoms with E-state index in [0.29, 0.717) is 35.1 Å². The fraction of sp³-hybridized carbons (Fsp3) is 0.536. The van der Waals surface area contributed by atoms with Crippen LogP contribution in [-0.2, 0) is 17.0 Å². The van der Waals surface area contributed by atoms with Crippen LogP contribution in [-0.4, -0.2) is 50.5 Å². The summed E-state index contributed by atoms with van der Waals surface area (Å²) in [5, 5.41) is 19.5. The van der Waals surface area contributed by atoms with Gasteiger partial charge in [-0.15, -0.1) is 5.60 Å². The Hall–Kier alpha value is -1.22. The fourth-order valence-electron chi connectivity index (χ4n) is 4.35. The third-order valence-electron chi connectivity index (χ3n) is 6.13. The van der Waals surface area contributed by atoms with Gasteiger partial charge in [-0.05, 0) is 43.9 Å². The molecule has 0 spiro atoms. The van der Waals surface area contributed by atoms with Crippen LogP contribution in [0.3, 0.4) is 0 Å². The average molecular weight is 623 g/mol. The van der Waals surface area contributed by atoms with Crippen LogP contribution in [0.5, 0.6) is 0 Å². The van der Waals surface area contributed by atoms with E-state index in [1.807, 2.05) is 24.6 Å². The number of carboxylic acids is 1. The van der Waals surface area contributed by atoms with Crippen LogP contribution >= 0.6 is 11.8 Å². The summed E-state index contributed by atoms with van der Waals surface area (Å²) in [5.74, 6) is -2.67. The van der Waals surface area contributed by atoms with Crippen molar-refractivity contribution >= 4 is 34.5 Å². The van der Waals surface area contributed by atoms with Gasteiger partial charge in [0.1, 0.15) is 11.3 Å². The van der Waals surface area contributed by atoms with E-state index in [2.05, 4.69) is 9.97 Å². The Bertz CT molecular complexity index is 1320. The second-order valence-electron chi connectivity index (χ2n) is 11.1. The maximum absolute atomic E-state index is 13.9. The van der Waals surface area contributed by atoms with Gasteiger partial charge in [-0.3, -0.25) is 4.79 Å². The van der Waals surface area contributed by atoms with Gasteiger partial charge >= 0.3 is 63.5 Å². The van der Waals surface area contributed by atoms with Gasteiger partial charge in [0.05, 0.1) is 29.7 Å². The fourth-order valence-corrected chi connectivity index (χ4v) is 5.11. The van der Waals surface area contributed by atoms with E-state index in [1.165, 1.54) is 23.9 Å². The molecular formula is C28H35F4KN4O3S. The molecule has 41 heavy (non-hydrogen) atoms. The Morgan fingerprint density at radius 1 is 1.24 bits per heavy atom. The average Bonchev–Trinajstić information content (AvgIpc) is 3.22. The number of piperidine rings is 1. The Kier molecular flexibility index (Phi) is 13.1. The molecule has 220 valence electrons. The van der Waals surface area contributed by atoms with Gasteiger partial charge in [-0.25, -0.2) is 14.4 Å². The molecule has 0 bridgehead atoms. The van der Waals surface area contributed by atoms with E-state index in [4.69, 9.17) is 5.11 Å². The number of rotatable bonds is 7. The predicted octanol–water partition coefficient (Wildman–Crippen LogP) is 3.00. The molecule has 1 N–H and O–H groups in total. The molecule has 13 heteroatoms. The number of anilines is 1. The minimum Gasteiger partial charge on any atom is -0.850 e. The molecule has 1 aromatic carbocycles. The minimum absolute atomic E-state index is 0. The van der Waals surface area contributed by atoms with Crippen molar-refractivity contribution in [3.05, 3.63) is 47.5 Å². The number of carboxylic acid groups (broad SMARTS) is 1. The summed E-state index contributed by atoms with van der Waals surface area (Å²) in [5.41, 5.74) is 2.09. The van der Waals surface area contributed by atoms with Crippen molar-refractivity contribution in [3.8, 4) is 0 Å². The summed E-state index contributed by atoms with van der Waals surface area (Å²) < 4.78 is 56.1. The number of hydrogen-bond acceptors (Lipinski definition) is 6. The smallest absolute Gasteiger partial charge is 0.850 e. The number of hydrogen-bond donors (Lipinski definition) is 1. The third kappa shape index (κ3) is 10.8. The number of alkyl halides is 3. The monoisotopic (exact) mass is 622 g/mol. The number of benzene rings is 1. The van der Waals surface area contributed by atoms with Gasteiger partial charge in [-0.2, -0.15) is 13.2 Å². The molecule has 0 aliphatic carbocycles. The van der Waals surface area contributed by atoms with Gasteiger partial charge in [0.2, 0.25) is 0 Å². The van der Waals surface area contributed by atoms with Gasteiger partial charge in [0, 0.05) is 31.1 Å². The molecule has 1 fully saturated rings. The van der Waals surface area contributed by atoms with Crippen LogP contribution in [0.15, 0.2) is 35.7 Å². The number of nitrogens with zero attached hydrogens (tertiary/aromatic N) is 4. The first kappa shape index (κ1) is 36.0. The minimum atomic E-state index is -4.24. The Morgan fingerprint density at radius 2 is 1.90 bits per heavy atom. The molecule has 0 amide bonds. The zero-order valence-electron chi connectivity index (χ0n) is 24.3. The Balaban J connectivity index is 0.000000902. The van der Waals surface area contributed by atoms with Crippen molar-refractivity contribution in [2.24, 2.45) is 5.92 Å². The second kappa shape index (κ2) is 15.0. The summed E-state index contributed by atoms with van der Waals surface area (Å²) in [4.78, 5) is 21.8. The molecule has 4 rings (SSSR count). The van der Waals surface area contributed by atoms with Crippen molar-refractivity contribution in [1.82, 2.24) is 14.5 Å². The zero-order chi connectivity index (χ0) is 29.8. The molecule has 1 atom stereocenters. The number of halogens is 4. The molecule has 1 aliphatic heterocycles. The number of carbonyl (C=O) groups is 1. The Labute approximate surface area is 284 Å². The molecule has 0 saturated carbocycles. The van der Waals surface area contributed by atoms with Crippen LogP contribution in [0, 0.1) is 11.7 Å². The van der Waals surface area contributed by atoms with Gasteiger partial charge in [-0.1, -0.05) is 44.7 Å². The van der Waals surface area contributed by atoms with E-state index < -0.39 is 35.9 Å². The molecule has 1 unspecified atom stereocenters. The van der Waals surface area contributed by atoms with Crippen LogP contribution < -0.4 is 61.4 Å². The largest absolute Gasteiger partial charge is 1.00 e. The van der Waals surface area contributed by atoms with Crippen LogP contribution in [0.25, 0.3) is 11.0 Å². The van der Waals surface area contributed by atoms with Crippen LogP contribution in [0.2, 0.25) is 0 Å². The molecule has 7 nitrogen and oxygen atoms in total. The first-order valence-electron chi connectivity index (χ1n) is 13.0. The maximum Gasteiger partial charge on any atom is 1.00 e. The summed E-state index contributed by atoms with van der Waals surface area (Å²) in [6, 6.07) is 4.41. The number of aliphatic carboxylic acids is 1. The molecule has 3 heterocycles. The molecule has 0 radical (unpaired) electrons. The molecule has 2 aromatic heterocycles. The third-order valence-corrected chi connectivity index (χ3v) is 7.06. The Morgan fingerprint density at radius 3 is 2.49 bits per heavy atom. The summed E-state index contributed by atoms with van der Waals surface area (Å²) in [6.07, 6.45) is -0.530. The number of aromatic nitrogens is 3. The summed E-state index contributed by atoms with van der Waals surface area (Å²) >= 11 is 1.30. The topological polar surface area (TPSA) is 94.3 Å². The van der Waals surface area contributed by atoms with Crippen molar-refractivity contribution < 1.29 is 84.0 Å². The van der Waals surface area contributed by atoms with Crippen molar-refractivity contribution in [2.45, 2.75) is 82.6 Å². The van der Waals surface area contributed by atoms with E-state index in [0.717, 1.165) is 11.1 Å². The molecular weight excluding hydrogens is 587 g/mol. The zero-order valence-corrected chi connectivity index (χ0v) is 28.2. The normalized spacial score (nSPS) is 15.9. The second-order valence-corrected chi connectivity index (χ2v) is 12.1.